The Hall–Kier alpha value is -2.30. The van der Waals surface area contributed by atoms with Crippen molar-refractivity contribution in [2.75, 3.05) is 5.32 Å². The lowest BCUT2D eigenvalue weighted by atomic mass is 10.1. The summed E-state index contributed by atoms with van der Waals surface area (Å²) in [6, 6.07) is 6.87. The molecule has 0 aliphatic rings. The molecule has 1 heterocycles. The summed E-state index contributed by atoms with van der Waals surface area (Å²) < 4.78 is 0. The summed E-state index contributed by atoms with van der Waals surface area (Å²) >= 11 is 0. The van der Waals surface area contributed by atoms with E-state index in [2.05, 4.69) is 15.5 Å². The van der Waals surface area contributed by atoms with Gasteiger partial charge in [-0.2, -0.15) is 0 Å². The number of rotatable bonds is 2. The quantitative estimate of drug-likeness (QED) is 0.733. The fourth-order valence-electron chi connectivity index (χ4n) is 1.47. The first-order valence-electron chi connectivity index (χ1n) is 5.22. The first-order valence-corrected chi connectivity index (χ1v) is 5.22. The van der Waals surface area contributed by atoms with Crippen LogP contribution >= 0.6 is 0 Å². The van der Waals surface area contributed by atoms with Crippen LogP contribution in [0.4, 0.5) is 5.69 Å². The van der Waals surface area contributed by atoms with Crippen LogP contribution in [-0.2, 0) is 0 Å². The predicted octanol–water partition coefficient (Wildman–Crippen LogP) is 1.57. The van der Waals surface area contributed by atoms with Gasteiger partial charge in [-0.25, -0.2) is 0 Å². The van der Waals surface area contributed by atoms with Crippen LogP contribution in [0.25, 0.3) is 0 Å². The highest BCUT2D eigenvalue weighted by molar-refractivity contribution is 6.02. The third kappa shape index (κ3) is 2.44. The van der Waals surface area contributed by atoms with Crippen molar-refractivity contribution in [3.05, 3.63) is 51.4 Å². The molecule has 88 valence electrons. The zero-order valence-corrected chi connectivity index (χ0v) is 9.63. The lowest BCUT2D eigenvalue weighted by molar-refractivity contribution is 0.102. The molecular weight excluding hydrogens is 218 g/mol. The smallest absolute Gasteiger partial charge is 0.273 e. The van der Waals surface area contributed by atoms with E-state index >= 15 is 0 Å². The maximum Gasteiger partial charge on any atom is 0.273 e. The summed E-state index contributed by atoms with van der Waals surface area (Å²) in [4.78, 5) is 22.6. The molecular formula is C12H13N3O2. The number of anilines is 1. The highest BCUT2D eigenvalue weighted by Gasteiger charge is 2.08. The molecule has 5 heteroatoms. The topological polar surface area (TPSA) is 77.8 Å². The van der Waals surface area contributed by atoms with Crippen molar-refractivity contribution >= 4 is 11.6 Å². The highest BCUT2D eigenvalue weighted by atomic mass is 16.2. The number of hydrogen-bond acceptors (Lipinski definition) is 2. The Bertz CT molecular complexity index is 610. The molecule has 0 radical (unpaired) electrons. The van der Waals surface area contributed by atoms with Crippen molar-refractivity contribution in [3.8, 4) is 0 Å². The van der Waals surface area contributed by atoms with Gasteiger partial charge in [0.1, 0.15) is 5.69 Å². The van der Waals surface area contributed by atoms with Gasteiger partial charge in [0.05, 0.1) is 0 Å². The molecule has 0 saturated heterocycles. The molecule has 0 unspecified atom stereocenters. The van der Waals surface area contributed by atoms with Gasteiger partial charge >= 0.3 is 0 Å². The van der Waals surface area contributed by atoms with Crippen molar-refractivity contribution in [2.24, 2.45) is 0 Å². The zero-order valence-electron chi connectivity index (χ0n) is 9.63. The fraction of sp³-hybridized carbons (Fsp3) is 0.167. The van der Waals surface area contributed by atoms with Crippen LogP contribution in [-0.4, -0.2) is 16.1 Å². The molecule has 1 amide bonds. The second-order valence-corrected chi connectivity index (χ2v) is 3.93. The maximum atomic E-state index is 11.7. The number of carbonyl (C=O) groups excluding carboxylic acids is 1. The van der Waals surface area contributed by atoms with Crippen molar-refractivity contribution in [1.82, 2.24) is 10.2 Å². The van der Waals surface area contributed by atoms with Crippen molar-refractivity contribution in [1.29, 1.82) is 0 Å². The average molecular weight is 231 g/mol. The highest BCUT2D eigenvalue weighted by Crippen LogP contribution is 2.14. The number of aromatic amines is 2. The number of aromatic nitrogens is 2. The Morgan fingerprint density at radius 1 is 1.12 bits per heavy atom. The molecule has 2 aromatic rings. The summed E-state index contributed by atoms with van der Waals surface area (Å²) in [5.74, 6) is -0.341. The maximum absolute atomic E-state index is 11.7. The Morgan fingerprint density at radius 3 is 2.47 bits per heavy atom. The molecule has 1 aromatic carbocycles. The second kappa shape index (κ2) is 4.29. The Morgan fingerprint density at radius 2 is 1.88 bits per heavy atom. The molecule has 3 N–H and O–H groups in total. The number of carbonyl (C=O) groups is 1. The van der Waals surface area contributed by atoms with E-state index in [1.54, 1.807) is 0 Å². The van der Waals surface area contributed by atoms with Crippen LogP contribution in [0.3, 0.4) is 0 Å². The lowest BCUT2D eigenvalue weighted by Gasteiger charge is -2.06. The second-order valence-electron chi connectivity index (χ2n) is 3.93. The number of nitrogens with one attached hydrogen (secondary N) is 3. The molecule has 2 rings (SSSR count). The van der Waals surface area contributed by atoms with E-state index in [9.17, 15) is 9.59 Å². The van der Waals surface area contributed by atoms with Crippen LogP contribution in [0.5, 0.6) is 0 Å². The van der Waals surface area contributed by atoms with Crippen LogP contribution in [0.15, 0.2) is 29.1 Å². The van der Waals surface area contributed by atoms with E-state index < -0.39 is 0 Å². The minimum Gasteiger partial charge on any atom is -0.321 e. The van der Waals surface area contributed by atoms with Gasteiger partial charge in [-0.05, 0) is 37.1 Å². The van der Waals surface area contributed by atoms with E-state index in [0.717, 1.165) is 11.1 Å². The van der Waals surface area contributed by atoms with Crippen molar-refractivity contribution < 1.29 is 4.79 Å². The van der Waals surface area contributed by atoms with E-state index in [4.69, 9.17) is 0 Å². The minimum absolute atomic E-state index is 0.216. The summed E-state index contributed by atoms with van der Waals surface area (Å²) in [7, 11) is 0. The van der Waals surface area contributed by atoms with Crippen LogP contribution in [0, 0.1) is 13.8 Å². The van der Waals surface area contributed by atoms with E-state index in [0.29, 0.717) is 5.69 Å². The molecule has 0 bridgehead atoms. The summed E-state index contributed by atoms with van der Waals surface area (Å²) in [6.45, 7) is 3.98. The van der Waals surface area contributed by atoms with Crippen LogP contribution in [0.2, 0.25) is 0 Å². The normalized spacial score (nSPS) is 10.2. The standard InChI is InChI=1S/C12H13N3O2/c1-7-3-4-9(5-8(7)2)13-12(17)10-6-11(16)15-14-10/h3-6H,1-2H3,(H,13,17)(H2,14,15,16). The van der Waals surface area contributed by atoms with Gasteiger partial charge in [-0.3, -0.25) is 19.8 Å². The molecule has 0 aliphatic carbocycles. The number of H-pyrrole nitrogens is 2. The summed E-state index contributed by atoms with van der Waals surface area (Å²) in [5, 5.41) is 7.53. The molecule has 0 saturated carbocycles. The molecule has 5 nitrogen and oxygen atoms in total. The van der Waals surface area contributed by atoms with E-state index in [-0.39, 0.29) is 17.2 Å². The molecule has 0 spiro atoms. The molecule has 17 heavy (non-hydrogen) atoms. The average Bonchev–Trinajstić information content (AvgIpc) is 2.70. The fourth-order valence-corrected chi connectivity index (χ4v) is 1.47. The van der Waals surface area contributed by atoms with E-state index in [1.807, 2.05) is 32.0 Å². The van der Waals surface area contributed by atoms with Crippen molar-refractivity contribution in [2.45, 2.75) is 13.8 Å². The van der Waals surface area contributed by atoms with Gasteiger partial charge in [-0.1, -0.05) is 6.07 Å². The summed E-state index contributed by atoms with van der Waals surface area (Å²) in [6.07, 6.45) is 0. The SMILES string of the molecule is Cc1ccc(NC(=O)c2cc(=O)[nH][nH]2)cc1C. The monoisotopic (exact) mass is 231 g/mol. The molecule has 1 aromatic heterocycles. The Kier molecular flexibility index (Phi) is 2.82. The van der Waals surface area contributed by atoms with Gasteiger partial charge < -0.3 is 5.32 Å². The van der Waals surface area contributed by atoms with Gasteiger partial charge in [0.15, 0.2) is 0 Å². The first-order chi connectivity index (χ1) is 8.06. The minimum atomic E-state index is -0.341. The van der Waals surface area contributed by atoms with Gasteiger partial charge in [0.25, 0.3) is 11.5 Å². The first kappa shape index (κ1) is 11.2. The number of benzene rings is 1. The Balaban J connectivity index is 2.18. The van der Waals surface area contributed by atoms with Gasteiger partial charge in [0.2, 0.25) is 0 Å². The van der Waals surface area contributed by atoms with Gasteiger partial charge in [0, 0.05) is 11.8 Å². The zero-order chi connectivity index (χ0) is 12.4. The third-order valence-corrected chi connectivity index (χ3v) is 2.61. The number of aryl methyl sites for hydroxylation is 2. The van der Waals surface area contributed by atoms with Crippen LogP contribution in [0.1, 0.15) is 21.6 Å². The molecule has 0 atom stereocenters. The van der Waals surface area contributed by atoms with Crippen LogP contribution < -0.4 is 10.9 Å². The van der Waals surface area contributed by atoms with Crippen molar-refractivity contribution in [3.63, 3.8) is 0 Å². The predicted molar refractivity (Wildman–Crippen MR) is 65.3 cm³/mol. The lowest BCUT2D eigenvalue weighted by Crippen LogP contribution is -2.12. The van der Waals surface area contributed by atoms with Gasteiger partial charge in [-0.15, -0.1) is 0 Å². The van der Waals surface area contributed by atoms with E-state index in [1.165, 1.54) is 6.07 Å². The molecule has 0 fully saturated rings. The largest absolute Gasteiger partial charge is 0.321 e. The summed E-state index contributed by atoms with van der Waals surface area (Å²) in [5.41, 5.74) is 2.87. The Labute approximate surface area is 97.9 Å². The third-order valence-electron chi connectivity index (χ3n) is 2.61. The molecule has 0 aliphatic heterocycles. The number of amides is 1. The number of hydrogen-bond donors (Lipinski definition) is 3.